The summed E-state index contributed by atoms with van der Waals surface area (Å²) in [7, 11) is 0. The molecular formula is C22H24F2N2O2. The fraction of sp³-hybridized carbons (Fsp3) is 0.364. The summed E-state index contributed by atoms with van der Waals surface area (Å²) in [6.07, 6.45) is 1.84. The fourth-order valence-corrected chi connectivity index (χ4v) is 3.60. The molecule has 1 aliphatic rings. The maximum Gasteiger partial charge on any atom is 0.253 e. The average Bonchev–Trinajstić information content (AvgIpc) is 3.14. The standard InChI is InChI=1S/C22H24F2N2O2/c1-2-3-11-25-21(27)20-14-26(22(28)15-7-9-17(23)10-8-15)13-19(20)16-5-4-6-18(24)12-16/h4-10,12,19-20H,2-3,11,13-14H2,1H3,(H,25,27). The predicted octanol–water partition coefficient (Wildman–Crippen LogP) is 3.74. The molecule has 4 nitrogen and oxygen atoms in total. The topological polar surface area (TPSA) is 49.4 Å². The number of nitrogens with zero attached hydrogens (tertiary/aromatic N) is 1. The zero-order chi connectivity index (χ0) is 20.1. The highest BCUT2D eigenvalue weighted by Crippen LogP contribution is 2.34. The zero-order valence-electron chi connectivity index (χ0n) is 15.8. The van der Waals surface area contributed by atoms with Gasteiger partial charge in [0, 0.05) is 31.1 Å². The van der Waals surface area contributed by atoms with Gasteiger partial charge in [-0.15, -0.1) is 0 Å². The van der Waals surface area contributed by atoms with E-state index in [2.05, 4.69) is 5.32 Å². The Morgan fingerprint density at radius 2 is 1.82 bits per heavy atom. The van der Waals surface area contributed by atoms with Crippen LogP contribution in [0.3, 0.4) is 0 Å². The van der Waals surface area contributed by atoms with Crippen LogP contribution in [0.25, 0.3) is 0 Å². The molecule has 1 N–H and O–H groups in total. The second-order valence-corrected chi connectivity index (χ2v) is 7.13. The molecule has 0 spiro atoms. The summed E-state index contributed by atoms with van der Waals surface area (Å²) in [5.74, 6) is -1.91. The van der Waals surface area contributed by atoms with Crippen LogP contribution in [0, 0.1) is 17.6 Å². The lowest BCUT2D eigenvalue weighted by Crippen LogP contribution is -2.36. The average molecular weight is 386 g/mol. The SMILES string of the molecule is CCCCNC(=O)C1CN(C(=O)c2ccc(F)cc2)CC1c1cccc(F)c1. The third-order valence-corrected chi connectivity index (χ3v) is 5.14. The van der Waals surface area contributed by atoms with Gasteiger partial charge in [-0.3, -0.25) is 9.59 Å². The normalized spacial score (nSPS) is 18.9. The van der Waals surface area contributed by atoms with Crippen molar-refractivity contribution < 1.29 is 18.4 Å². The summed E-state index contributed by atoms with van der Waals surface area (Å²) in [5.41, 5.74) is 1.07. The minimum atomic E-state index is -0.456. The molecule has 28 heavy (non-hydrogen) atoms. The van der Waals surface area contributed by atoms with E-state index in [1.54, 1.807) is 17.0 Å². The van der Waals surface area contributed by atoms with E-state index in [1.807, 2.05) is 6.92 Å². The Hall–Kier alpha value is -2.76. The molecule has 1 fully saturated rings. The van der Waals surface area contributed by atoms with E-state index < -0.39 is 11.7 Å². The van der Waals surface area contributed by atoms with Crippen molar-refractivity contribution in [1.29, 1.82) is 0 Å². The first-order chi connectivity index (χ1) is 13.5. The molecule has 1 heterocycles. The zero-order valence-corrected chi connectivity index (χ0v) is 15.8. The molecule has 1 aliphatic heterocycles. The number of unbranched alkanes of at least 4 members (excludes halogenated alkanes) is 1. The van der Waals surface area contributed by atoms with Crippen molar-refractivity contribution in [2.24, 2.45) is 5.92 Å². The summed E-state index contributed by atoms with van der Waals surface area (Å²) in [5, 5.41) is 2.93. The largest absolute Gasteiger partial charge is 0.356 e. The molecule has 0 radical (unpaired) electrons. The predicted molar refractivity (Wildman–Crippen MR) is 103 cm³/mol. The van der Waals surface area contributed by atoms with Gasteiger partial charge in [0.2, 0.25) is 5.91 Å². The molecule has 2 unspecified atom stereocenters. The molecule has 0 saturated carbocycles. The van der Waals surface area contributed by atoms with Crippen LogP contribution in [-0.4, -0.2) is 36.3 Å². The third-order valence-electron chi connectivity index (χ3n) is 5.14. The number of amides is 2. The van der Waals surface area contributed by atoms with Crippen LogP contribution in [-0.2, 0) is 4.79 Å². The highest BCUT2D eigenvalue weighted by molar-refractivity contribution is 5.95. The fourth-order valence-electron chi connectivity index (χ4n) is 3.60. The Kier molecular flexibility index (Phi) is 6.39. The van der Waals surface area contributed by atoms with E-state index in [0.717, 1.165) is 12.8 Å². The van der Waals surface area contributed by atoms with Crippen LogP contribution in [0.4, 0.5) is 8.78 Å². The number of carbonyl (C=O) groups is 2. The first kappa shape index (κ1) is 20.0. The van der Waals surface area contributed by atoms with Crippen LogP contribution in [0.2, 0.25) is 0 Å². The molecule has 0 aromatic heterocycles. The number of benzene rings is 2. The summed E-state index contributed by atoms with van der Waals surface area (Å²) in [6, 6.07) is 11.5. The van der Waals surface area contributed by atoms with Crippen molar-refractivity contribution in [3.8, 4) is 0 Å². The van der Waals surface area contributed by atoms with Gasteiger partial charge in [0.25, 0.3) is 5.91 Å². The van der Waals surface area contributed by atoms with Crippen LogP contribution in [0.15, 0.2) is 48.5 Å². The van der Waals surface area contributed by atoms with Gasteiger partial charge in [-0.2, -0.15) is 0 Å². The van der Waals surface area contributed by atoms with Crippen LogP contribution in [0.5, 0.6) is 0 Å². The molecule has 148 valence electrons. The summed E-state index contributed by atoms with van der Waals surface area (Å²) in [6.45, 7) is 3.18. The third kappa shape index (κ3) is 4.55. The second-order valence-electron chi connectivity index (χ2n) is 7.13. The monoisotopic (exact) mass is 386 g/mol. The summed E-state index contributed by atoms with van der Waals surface area (Å²) >= 11 is 0. The molecule has 0 aliphatic carbocycles. The maximum atomic E-state index is 13.7. The Bertz CT molecular complexity index is 839. The number of carbonyl (C=O) groups excluding carboxylic acids is 2. The Labute approximate surface area is 163 Å². The van der Waals surface area contributed by atoms with Crippen molar-refractivity contribution >= 4 is 11.8 Å². The lowest BCUT2D eigenvalue weighted by atomic mass is 9.88. The number of hydrogen-bond donors (Lipinski definition) is 1. The van der Waals surface area contributed by atoms with E-state index >= 15 is 0 Å². The molecule has 2 atom stereocenters. The van der Waals surface area contributed by atoms with E-state index in [1.165, 1.54) is 36.4 Å². The Morgan fingerprint density at radius 1 is 1.07 bits per heavy atom. The molecule has 3 rings (SSSR count). The molecule has 0 bridgehead atoms. The lowest BCUT2D eigenvalue weighted by Gasteiger charge is -2.18. The lowest BCUT2D eigenvalue weighted by molar-refractivity contribution is -0.124. The van der Waals surface area contributed by atoms with Gasteiger partial charge in [-0.05, 0) is 48.4 Å². The van der Waals surface area contributed by atoms with Crippen molar-refractivity contribution in [3.05, 3.63) is 71.3 Å². The second kappa shape index (κ2) is 8.95. The van der Waals surface area contributed by atoms with E-state index in [0.29, 0.717) is 24.2 Å². The van der Waals surface area contributed by atoms with Crippen molar-refractivity contribution in [2.45, 2.75) is 25.7 Å². The molecule has 2 amide bonds. The van der Waals surface area contributed by atoms with Gasteiger partial charge in [-0.25, -0.2) is 8.78 Å². The van der Waals surface area contributed by atoms with E-state index in [-0.39, 0.29) is 30.1 Å². The Balaban J connectivity index is 1.82. The first-order valence-electron chi connectivity index (χ1n) is 9.57. The minimum Gasteiger partial charge on any atom is -0.356 e. The van der Waals surface area contributed by atoms with Crippen LogP contribution in [0.1, 0.15) is 41.6 Å². The molecule has 1 saturated heterocycles. The number of likely N-dealkylation sites (tertiary alicyclic amines) is 1. The molecular weight excluding hydrogens is 362 g/mol. The van der Waals surface area contributed by atoms with Gasteiger partial charge in [-0.1, -0.05) is 25.5 Å². The van der Waals surface area contributed by atoms with Crippen molar-refractivity contribution in [3.63, 3.8) is 0 Å². The van der Waals surface area contributed by atoms with Gasteiger partial charge < -0.3 is 10.2 Å². The van der Waals surface area contributed by atoms with Gasteiger partial charge >= 0.3 is 0 Å². The van der Waals surface area contributed by atoms with Crippen LogP contribution < -0.4 is 5.32 Å². The first-order valence-corrected chi connectivity index (χ1v) is 9.57. The summed E-state index contributed by atoms with van der Waals surface area (Å²) < 4.78 is 26.9. The molecule has 6 heteroatoms. The van der Waals surface area contributed by atoms with Gasteiger partial charge in [0.1, 0.15) is 11.6 Å². The minimum absolute atomic E-state index is 0.128. The quantitative estimate of drug-likeness (QED) is 0.769. The van der Waals surface area contributed by atoms with Crippen molar-refractivity contribution in [1.82, 2.24) is 10.2 Å². The van der Waals surface area contributed by atoms with E-state index in [4.69, 9.17) is 0 Å². The molecule has 2 aromatic rings. The molecule has 2 aromatic carbocycles. The highest BCUT2D eigenvalue weighted by atomic mass is 19.1. The number of hydrogen-bond acceptors (Lipinski definition) is 2. The number of rotatable bonds is 6. The number of nitrogens with one attached hydrogen (secondary N) is 1. The number of halogens is 2. The maximum absolute atomic E-state index is 13.7. The summed E-state index contributed by atoms with van der Waals surface area (Å²) in [4.78, 5) is 27.2. The highest BCUT2D eigenvalue weighted by Gasteiger charge is 2.40. The van der Waals surface area contributed by atoms with Crippen LogP contribution >= 0.6 is 0 Å². The van der Waals surface area contributed by atoms with Gasteiger partial charge in [0.15, 0.2) is 0 Å². The van der Waals surface area contributed by atoms with Crippen molar-refractivity contribution in [2.75, 3.05) is 19.6 Å². The Morgan fingerprint density at radius 3 is 2.50 bits per heavy atom. The van der Waals surface area contributed by atoms with E-state index in [9.17, 15) is 18.4 Å². The smallest absolute Gasteiger partial charge is 0.253 e. The van der Waals surface area contributed by atoms with Gasteiger partial charge in [0.05, 0.1) is 5.92 Å².